The number of hydrogen-bond donors (Lipinski definition) is 0. The third-order valence-electron chi connectivity index (χ3n) is 1.73. The standard InChI is InChI=1S/C10H18O5/c1-5-6-7-14-8(11)10(2,3)15-9(12)13-4/h5-7H2,1-4H3. The van der Waals surface area contributed by atoms with Crippen LogP contribution in [0.2, 0.25) is 0 Å². The lowest BCUT2D eigenvalue weighted by Gasteiger charge is -2.21. The van der Waals surface area contributed by atoms with Crippen LogP contribution in [0.5, 0.6) is 0 Å². The highest BCUT2D eigenvalue weighted by Gasteiger charge is 2.34. The third-order valence-corrected chi connectivity index (χ3v) is 1.73. The molecule has 0 fully saturated rings. The van der Waals surface area contributed by atoms with Gasteiger partial charge in [-0.15, -0.1) is 0 Å². The second kappa shape index (κ2) is 6.27. The van der Waals surface area contributed by atoms with Crippen molar-refractivity contribution in [1.82, 2.24) is 0 Å². The van der Waals surface area contributed by atoms with E-state index in [1.165, 1.54) is 21.0 Å². The summed E-state index contributed by atoms with van der Waals surface area (Å²) < 4.78 is 14.0. The lowest BCUT2D eigenvalue weighted by molar-refractivity contribution is -0.164. The van der Waals surface area contributed by atoms with Crippen molar-refractivity contribution >= 4 is 12.1 Å². The molecule has 15 heavy (non-hydrogen) atoms. The highest BCUT2D eigenvalue weighted by atomic mass is 16.7. The number of rotatable bonds is 5. The zero-order valence-electron chi connectivity index (χ0n) is 9.66. The Morgan fingerprint density at radius 3 is 2.33 bits per heavy atom. The Hall–Kier alpha value is -1.26. The molecule has 88 valence electrons. The highest BCUT2D eigenvalue weighted by molar-refractivity contribution is 5.81. The first-order valence-electron chi connectivity index (χ1n) is 4.88. The first-order chi connectivity index (χ1) is 6.94. The first kappa shape index (κ1) is 13.7. The number of carbonyl (C=O) groups excluding carboxylic acids is 2. The van der Waals surface area contributed by atoms with E-state index in [2.05, 4.69) is 4.74 Å². The number of methoxy groups -OCH3 is 1. The lowest BCUT2D eigenvalue weighted by Crippen LogP contribution is -2.38. The topological polar surface area (TPSA) is 61.8 Å². The van der Waals surface area contributed by atoms with Crippen LogP contribution in [0, 0.1) is 0 Å². The van der Waals surface area contributed by atoms with Gasteiger partial charge in [-0.1, -0.05) is 13.3 Å². The van der Waals surface area contributed by atoms with E-state index in [0.29, 0.717) is 6.61 Å². The summed E-state index contributed by atoms with van der Waals surface area (Å²) in [5, 5.41) is 0. The van der Waals surface area contributed by atoms with Crippen molar-refractivity contribution < 1.29 is 23.8 Å². The van der Waals surface area contributed by atoms with Gasteiger partial charge in [0.25, 0.3) is 0 Å². The molecule has 0 aliphatic rings. The zero-order chi connectivity index (χ0) is 11.9. The number of ether oxygens (including phenoxy) is 3. The molecule has 0 N–H and O–H groups in total. The normalized spacial score (nSPS) is 10.7. The summed E-state index contributed by atoms with van der Waals surface area (Å²) in [6, 6.07) is 0. The van der Waals surface area contributed by atoms with Crippen LogP contribution in [0.4, 0.5) is 4.79 Å². The molecule has 0 aromatic rings. The Kier molecular flexibility index (Phi) is 5.74. The maximum Gasteiger partial charge on any atom is 0.509 e. The number of hydrogen-bond acceptors (Lipinski definition) is 5. The molecule has 0 aromatic carbocycles. The van der Waals surface area contributed by atoms with Gasteiger partial charge >= 0.3 is 12.1 Å². The summed E-state index contributed by atoms with van der Waals surface area (Å²) in [5.41, 5.74) is -1.30. The van der Waals surface area contributed by atoms with E-state index in [0.717, 1.165) is 12.8 Å². The van der Waals surface area contributed by atoms with Crippen LogP contribution >= 0.6 is 0 Å². The monoisotopic (exact) mass is 218 g/mol. The Morgan fingerprint density at radius 1 is 1.27 bits per heavy atom. The summed E-state index contributed by atoms with van der Waals surface area (Å²) in [4.78, 5) is 22.2. The van der Waals surface area contributed by atoms with Crippen molar-refractivity contribution in [2.45, 2.75) is 39.2 Å². The Balaban J connectivity index is 4.07. The first-order valence-corrected chi connectivity index (χ1v) is 4.88. The molecular formula is C10H18O5. The summed E-state index contributed by atoms with van der Waals surface area (Å²) in [6.07, 6.45) is 0.832. The molecule has 0 unspecified atom stereocenters. The molecule has 0 saturated carbocycles. The fourth-order valence-corrected chi connectivity index (χ4v) is 0.775. The zero-order valence-corrected chi connectivity index (χ0v) is 9.66. The molecule has 0 bridgehead atoms. The van der Waals surface area contributed by atoms with Gasteiger partial charge in [-0.2, -0.15) is 0 Å². The van der Waals surface area contributed by atoms with E-state index in [4.69, 9.17) is 9.47 Å². The van der Waals surface area contributed by atoms with Crippen LogP contribution in [0.15, 0.2) is 0 Å². The van der Waals surface area contributed by atoms with E-state index < -0.39 is 17.7 Å². The van der Waals surface area contributed by atoms with Crippen LogP contribution in [-0.4, -0.2) is 31.4 Å². The van der Waals surface area contributed by atoms with Gasteiger partial charge < -0.3 is 14.2 Å². The maximum absolute atomic E-state index is 11.4. The van der Waals surface area contributed by atoms with E-state index >= 15 is 0 Å². The van der Waals surface area contributed by atoms with Crippen LogP contribution < -0.4 is 0 Å². The molecule has 0 aliphatic carbocycles. The molecule has 0 aromatic heterocycles. The van der Waals surface area contributed by atoms with Crippen LogP contribution in [0.3, 0.4) is 0 Å². The Bertz CT molecular complexity index is 222. The predicted octanol–water partition coefficient (Wildman–Crippen LogP) is 1.89. The Labute approximate surface area is 89.7 Å². The quantitative estimate of drug-likeness (QED) is 0.521. The molecule has 0 spiro atoms. The molecular weight excluding hydrogens is 200 g/mol. The second-order valence-corrected chi connectivity index (χ2v) is 3.56. The third kappa shape index (κ3) is 5.24. The Morgan fingerprint density at radius 2 is 1.87 bits per heavy atom. The van der Waals surface area contributed by atoms with E-state index in [-0.39, 0.29) is 0 Å². The largest absolute Gasteiger partial charge is 0.509 e. The van der Waals surface area contributed by atoms with Gasteiger partial charge in [0.1, 0.15) is 0 Å². The summed E-state index contributed by atoms with van der Waals surface area (Å²) >= 11 is 0. The maximum atomic E-state index is 11.4. The van der Waals surface area contributed by atoms with Crippen LogP contribution in [0.1, 0.15) is 33.6 Å². The molecule has 5 heteroatoms. The fraction of sp³-hybridized carbons (Fsp3) is 0.800. The van der Waals surface area contributed by atoms with Crippen molar-refractivity contribution in [2.24, 2.45) is 0 Å². The minimum absolute atomic E-state index is 0.337. The second-order valence-electron chi connectivity index (χ2n) is 3.56. The van der Waals surface area contributed by atoms with E-state index in [1.54, 1.807) is 0 Å². The van der Waals surface area contributed by atoms with Crippen LogP contribution in [0.25, 0.3) is 0 Å². The van der Waals surface area contributed by atoms with Gasteiger partial charge in [-0.25, -0.2) is 9.59 Å². The predicted molar refractivity (Wildman–Crippen MR) is 53.4 cm³/mol. The lowest BCUT2D eigenvalue weighted by atomic mass is 10.1. The van der Waals surface area contributed by atoms with Crippen molar-refractivity contribution in [1.29, 1.82) is 0 Å². The average molecular weight is 218 g/mol. The van der Waals surface area contributed by atoms with Crippen molar-refractivity contribution in [3.8, 4) is 0 Å². The van der Waals surface area contributed by atoms with Gasteiger partial charge in [0.05, 0.1) is 13.7 Å². The smallest absolute Gasteiger partial charge is 0.463 e. The molecule has 0 radical (unpaired) electrons. The molecule has 0 heterocycles. The summed E-state index contributed by atoms with van der Waals surface area (Å²) in [5.74, 6) is -0.568. The molecule has 0 amide bonds. The van der Waals surface area contributed by atoms with Gasteiger partial charge in [-0.05, 0) is 20.3 Å². The number of unbranched alkanes of at least 4 members (excludes halogenated alkanes) is 1. The van der Waals surface area contributed by atoms with Gasteiger partial charge in [0.15, 0.2) is 0 Å². The van der Waals surface area contributed by atoms with E-state index in [1.807, 2.05) is 6.92 Å². The summed E-state index contributed by atoms with van der Waals surface area (Å²) in [6.45, 7) is 5.24. The molecule has 0 saturated heterocycles. The number of carbonyl (C=O) groups is 2. The summed E-state index contributed by atoms with van der Waals surface area (Å²) in [7, 11) is 1.18. The van der Waals surface area contributed by atoms with Gasteiger partial charge in [-0.3, -0.25) is 0 Å². The average Bonchev–Trinajstić information content (AvgIpc) is 2.17. The van der Waals surface area contributed by atoms with Gasteiger partial charge in [0, 0.05) is 0 Å². The van der Waals surface area contributed by atoms with Crippen molar-refractivity contribution in [3.05, 3.63) is 0 Å². The SMILES string of the molecule is CCCCOC(=O)C(C)(C)OC(=O)OC. The number of esters is 1. The minimum Gasteiger partial charge on any atom is -0.463 e. The molecule has 0 rings (SSSR count). The van der Waals surface area contributed by atoms with E-state index in [9.17, 15) is 9.59 Å². The van der Waals surface area contributed by atoms with Gasteiger partial charge in [0.2, 0.25) is 5.60 Å². The minimum atomic E-state index is -1.30. The molecule has 5 nitrogen and oxygen atoms in total. The molecule has 0 aliphatic heterocycles. The van der Waals surface area contributed by atoms with Crippen molar-refractivity contribution in [2.75, 3.05) is 13.7 Å². The molecule has 0 atom stereocenters. The van der Waals surface area contributed by atoms with Crippen molar-refractivity contribution in [3.63, 3.8) is 0 Å². The van der Waals surface area contributed by atoms with Crippen LogP contribution in [-0.2, 0) is 19.0 Å². The highest BCUT2D eigenvalue weighted by Crippen LogP contribution is 2.12. The fourth-order valence-electron chi connectivity index (χ4n) is 0.775.